The van der Waals surface area contributed by atoms with Crippen LogP contribution >= 0.6 is 0 Å². The van der Waals surface area contributed by atoms with Crippen molar-refractivity contribution in [3.63, 3.8) is 0 Å². The van der Waals surface area contributed by atoms with Crippen molar-refractivity contribution >= 4 is 12.0 Å². The summed E-state index contributed by atoms with van der Waals surface area (Å²) in [5.74, 6) is -5.75. The summed E-state index contributed by atoms with van der Waals surface area (Å²) in [7, 11) is 0. The molecule has 0 radical (unpaired) electrons. The third kappa shape index (κ3) is 3.47. The van der Waals surface area contributed by atoms with Gasteiger partial charge in [-0.3, -0.25) is 4.79 Å². The summed E-state index contributed by atoms with van der Waals surface area (Å²) in [6.07, 6.45) is -9.61. The average molecular weight is 348 g/mol. The van der Waals surface area contributed by atoms with Crippen LogP contribution in [0.25, 0.3) is 0 Å². The molecule has 2 N–H and O–H groups in total. The summed E-state index contributed by atoms with van der Waals surface area (Å²) >= 11 is 0. The highest BCUT2D eigenvalue weighted by Gasteiger charge is 2.63. The Morgan fingerprint density at radius 3 is 2.04 bits per heavy atom. The van der Waals surface area contributed by atoms with Crippen LogP contribution in [0.3, 0.4) is 0 Å². The van der Waals surface area contributed by atoms with Gasteiger partial charge in [-0.15, -0.1) is 0 Å². The van der Waals surface area contributed by atoms with E-state index in [0.717, 1.165) is 0 Å². The molecule has 132 valence electrons. The molecule has 2 fully saturated rings. The van der Waals surface area contributed by atoms with Crippen molar-refractivity contribution in [1.29, 1.82) is 0 Å². The first-order valence-corrected chi connectivity index (χ1v) is 6.76. The zero-order valence-corrected chi connectivity index (χ0v) is 11.7. The molecule has 1 saturated carbocycles. The van der Waals surface area contributed by atoms with Gasteiger partial charge < -0.3 is 15.3 Å². The van der Waals surface area contributed by atoms with Crippen LogP contribution in [0.2, 0.25) is 0 Å². The van der Waals surface area contributed by atoms with Crippen molar-refractivity contribution in [3.8, 4) is 0 Å². The minimum Gasteiger partial charge on any atom is -0.481 e. The highest BCUT2D eigenvalue weighted by molar-refractivity contribution is 5.77. The van der Waals surface area contributed by atoms with E-state index in [1.807, 2.05) is 5.32 Å². The van der Waals surface area contributed by atoms with Crippen LogP contribution in [-0.4, -0.2) is 54.0 Å². The lowest BCUT2D eigenvalue weighted by Crippen LogP contribution is -2.44. The van der Waals surface area contributed by atoms with Crippen molar-refractivity contribution in [1.82, 2.24) is 10.2 Å². The van der Waals surface area contributed by atoms with E-state index in [-0.39, 0.29) is 12.8 Å². The predicted molar refractivity (Wildman–Crippen MR) is 63.4 cm³/mol. The Balaban J connectivity index is 1.97. The van der Waals surface area contributed by atoms with Crippen LogP contribution in [0.4, 0.5) is 31.1 Å². The molecule has 1 saturated heterocycles. The second-order valence-electron chi connectivity index (χ2n) is 5.93. The van der Waals surface area contributed by atoms with Gasteiger partial charge in [0.05, 0.1) is 17.3 Å². The second kappa shape index (κ2) is 5.45. The van der Waals surface area contributed by atoms with E-state index in [2.05, 4.69) is 0 Å². The lowest BCUT2D eigenvalue weighted by molar-refractivity contribution is -0.187. The van der Waals surface area contributed by atoms with Crippen LogP contribution in [0.15, 0.2) is 0 Å². The number of aliphatic carboxylic acids is 1. The predicted octanol–water partition coefficient (Wildman–Crippen LogP) is 2.23. The van der Waals surface area contributed by atoms with E-state index in [9.17, 15) is 35.9 Å². The largest absolute Gasteiger partial charge is 0.481 e. The van der Waals surface area contributed by atoms with Gasteiger partial charge in [0.15, 0.2) is 0 Å². The Morgan fingerprint density at radius 1 is 1.13 bits per heavy atom. The molecule has 0 aromatic carbocycles. The number of urea groups is 1. The molecule has 0 aromatic heterocycles. The van der Waals surface area contributed by atoms with Gasteiger partial charge in [-0.25, -0.2) is 4.79 Å². The molecule has 1 aliphatic heterocycles. The monoisotopic (exact) mass is 348 g/mol. The van der Waals surface area contributed by atoms with Crippen LogP contribution in [0.5, 0.6) is 0 Å². The number of amides is 2. The maximum Gasteiger partial charge on any atom is 0.396 e. The summed E-state index contributed by atoms with van der Waals surface area (Å²) in [4.78, 5) is 23.3. The molecule has 2 rings (SSSR count). The topological polar surface area (TPSA) is 69.6 Å². The molecule has 11 heteroatoms. The lowest BCUT2D eigenvalue weighted by atomic mass is 9.96. The number of hydrogen-bond acceptors (Lipinski definition) is 2. The summed E-state index contributed by atoms with van der Waals surface area (Å²) < 4.78 is 76.5. The Morgan fingerprint density at radius 2 is 1.70 bits per heavy atom. The molecule has 2 atom stereocenters. The van der Waals surface area contributed by atoms with Gasteiger partial charge in [0.1, 0.15) is 0 Å². The first-order valence-electron chi connectivity index (χ1n) is 6.76. The van der Waals surface area contributed by atoms with Crippen LogP contribution < -0.4 is 5.32 Å². The van der Waals surface area contributed by atoms with Crippen molar-refractivity contribution in [2.24, 2.45) is 17.3 Å². The molecule has 0 bridgehead atoms. The van der Waals surface area contributed by atoms with Crippen molar-refractivity contribution in [3.05, 3.63) is 0 Å². The molecular formula is C12H14F6N2O3. The Hall–Kier alpha value is -1.68. The smallest absolute Gasteiger partial charge is 0.396 e. The van der Waals surface area contributed by atoms with Gasteiger partial charge in [-0.1, -0.05) is 0 Å². The highest BCUT2D eigenvalue weighted by atomic mass is 19.4. The van der Waals surface area contributed by atoms with Gasteiger partial charge in [-0.05, 0) is 12.8 Å². The Labute approximate surface area is 126 Å². The van der Waals surface area contributed by atoms with Crippen LogP contribution in [0.1, 0.15) is 12.8 Å². The summed E-state index contributed by atoms with van der Waals surface area (Å²) in [5.41, 5.74) is -2.02. The first-order chi connectivity index (χ1) is 10.4. The third-order valence-electron chi connectivity index (χ3n) is 4.38. The highest BCUT2D eigenvalue weighted by Crippen LogP contribution is 2.57. The van der Waals surface area contributed by atoms with Crippen molar-refractivity contribution in [2.45, 2.75) is 25.2 Å². The zero-order valence-electron chi connectivity index (χ0n) is 11.7. The molecule has 23 heavy (non-hydrogen) atoms. The molecule has 1 heterocycles. The molecule has 5 nitrogen and oxygen atoms in total. The fourth-order valence-corrected chi connectivity index (χ4v) is 2.62. The van der Waals surface area contributed by atoms with Gasteiger partial charge in [0, 0.05) is 19.6 Å². The molecule has 0 unspecified atom stereocenters. The normalized spacial score (nSPS) is 27.0. The molecule has 2 aliphatic rings. The number of alkyl halides is 6. The molecule has 0 aromatic rings. The van der Waals surface area contributed by atoms with Crippen molar-refractivity contribution < 1.29 is 41.0 Å². The van der Waals surface area contributed by atoms with Gasteiger partial charge in [0.2, 0.25) is 0 Å². The number of rotatable bonds is 3. The molecule has 0 spiro atoms. The Kier molecular flexibility index (Phi) is 4.18. The maximum atomic E-state index is 12.8. The summed E-state index contributed by atoms with van der Waals surface area (Å²) in [6, 6.07) is -1.11. The number of hydrogen-bond donors (Lipinski definition) is 2. The van der Waals surface area contributed by atoms with Crippen molar-refractivity contribution in [2.75, 3.05) is 19.6 Å². The number of nitrogens with one attached hydrogen (secondary N) is 1. The van der Waals surface area contributed by atoms with Gasteiger partial charge >= 0.3 is 24.4 Å². The van der Waals surface area contributed by atoms with E-state index in [1.54, 1.807) is 0 Å². The third-order valence-corrected chi connectivity index (χ3v) is 4.38. The SMILES string of the molecule is O=C(O)[C@@H]1CN(C(=O)NCC2(C(F)(F)F)CC2)C[C@H]1C(F)(F)F. The average Bonchev–Trinajstić information content (AvgIpc) is 3.04. The molecule has 1 aliphatic carbocycles. The van der Waals surface area contributed by atoms with Gasteiger partial charge in [0.25, 0.3) is 0 Å². The van der Waals surface area contributed by atoms with E-state index < -0.39 is 61.2 Å². The first kappa shape index (κ1) is 17.7. The summed E-state index contributed by atoms with van der Waals surface area (Å²) in [5, 5.41) is 10.8. The van der Waals surface area contributed by atoms with E-state index in [1.165, 1.54) is 0 Å². The number of likely N-dealkylation sites (tertiary alicyclic amines) is 1. The van der Waals surface area contributed by atoms with E-state index in [4.69, 9.17) is 5.11 Å². The number of nitrogens with zero attached hydrogens (tertiary/aromatic N) is 1. The summed E-state index contributed by atoms with van der Waals surface area (Å²) in [6.45, 7) is -2.30. The number of carboxylic acids is 1. The zero-order chi connectivity index (χ0) is 17.6. The fraction of sp³-hybridized carbons (Fsp3) is 0.833. The fourth-order valence-electron chi connectivity index (χ4n) is 2.62. The lowest BCUT2D eigenvalue weighted by Gasteiger charge is -2.22. The second-order valence-corrected chi connectivity index (χ2v) is 5.93. The quantitative estimate of drug-likeness (QED) is 0.769. The maximum absolute atomic E-state index is 12.8. The number of carboxylic acid groups (broad SMARTS) is 1. The standard InChI is InChI=1S/C12H14F6N2O3/c13-11(14,15)7-4-20(3-6(7)8(21)22)9(23)19-5-10(1-2-10)12(16,17)18/h6-7H,1-5H2,(H,19,23)(H,21,22)/t6-,7-/m1/s1. The van der Waals surface area contributed by atoms with E-state index in [0.29, 0.717) is 4.90 Å². The molecular weight excluding hydrogens is 334 g/mol. The molecule has 2 amide bonds. The minimum absolute atomic E-state index is 0.153. The van der Waals surface area contributed by atoms with E-state index >= 15 is 0 Å². The number of halogens is 6. The number of carbonyl (C=O) groups excluding carboxylic acids is 1. The van der Waals surface area contributed by atoms with Gasteiger partial charge in [-0.2, -0.15) is 26.3 Å². The Bertz CT molecular complexity index is 500. The number of carbonyl (C=O) groups is 2. The minimum atomic E-state index is -4.80. The van der Waals surface area contributed by atoms with Crippen LogP contribution in [-0.2, 0) is 4.79 Å². The van der Waals surface area contributed by atoms with Crippen LogP contribution in [0, 0.1) is 17.3 Å².